The standard InChI is InChI=1S/C9H18N6.C4H9NOS/c1-13(2)7-10-8(14(3)4)12-9(11-7)15(5)6;1-5(2)4(7)6-3/h1-6H3;1-3H3. The van der Waals surface area contributed by atoms with E-state index >= 15 is 0 Å². The van der Waals surface area contributed by atoms with Crippen LogP contribution in [-0.4, -0.2) is 88.5 Å². The Balaban J connectivity index is 0.000000534. The van der Waals surface area contributed by atoms with E-state index in [1.54, 1.807) is 12.0 Å². The Morgan fingerprint density at radius 2 is 1.00 bits per heavy atom. The summed E-state index contributed by atoms with van der Waals surface area (Å²) in [5, 5.41) is 0.514. The molecule has 0 unspecified atom stereocenters. The van der Waals surface area contributed by atoms with Crippen molar-refractivity contribution in [3.63, 3.8) is 0 Å². The van der Waals surface area contributed by atoms with Gasteiger partial charge in [0.2, 0.25) is 17.8 Å². The van der Waals surface area contributed by atoms with Gasteiger partial charge in [0.05, 0.1) is 7.11 Å². The molecule has 126 valence electrons. The van der Waals surface area contributed by atoms with Crippen molar-refractivity contribution < 1.29 is 4.74 Å². The Hall–Kier alpha value is -1.90. The first-order valence-corrected chi connectivity index (χ1v) is 7.04. The molecule has 0 bridgehead atoms. The van der Waals surface area contributed by atoms with E-state index in [-0.39, 0.29) is 0 Å². The molecular weight excluding hydrogens is 302 g/mol. The minimum absolute atomic E-state index is 0.514. The maximum absolute atomic E-state index is 4.68. The van der Waals surface area contributed by atoms with Crippen molar-refractivity contribution in [2.24, 2.45) is 0 Å². The first-order chi connectivity index (χ1) is 10.1. The Morgan fingerprint density at radius 3 is 1.09 bits per heavy atom. The molecule has 8 nitrogen and oxygen atoms in total. The van der Waals surface area contributed by atoms with Crippen LogP contribution in [0.3, 0.4) is 0 Å². The Morgan fingerprint density at radius 1 is 0.727 bits per heavy atom. The molecular formula is C13H27N7OS. The lowest BCUT2D eigenvalue weighted by atomic mass is 10.7. The molecule has 22 heavy (non-hydrogen) atoms. The number of anilines is 3. The highest BCUT2D eigenvalue weighted by Crippen LogP contribution is 2.14. The first kappa shape index (κ1) is 20.1. The molecule has 1 aromatic heterocycles. The van der Waals surface area contributed by atoms with Crippen molar-refractivity contribution >= 4 is 35.2 Å². The van der Waals surface area contributed by atoms with Crippen molar-refractivity contribution in [3.05, 3.63) is 0 Å². The highest BCUT2D eigenvalue weighted by atomic mass is 32.1. The van der Waals surface area contributed by atoms with Gasteiger partial charge >= 0.3 is 0 Å². The fraction of sp³-hybridized carbons (Fsp3) is 0.692. The molecule has 9 heteroatoms. The molecule has 0 fully saturated rings. The third-order valence-electron chi connectivity index (χ3n) is 2.34. The van der Waals surface area contributed by atoms with E-state index < -0.39 is 0 Å². The molecule has 0 spiro atoms. The Labute approximate surface area is 138 Å². The maximum atomic E-state index is 4.68. The molecule has 0 aliphatic heterocycles. The summed E-state index contributed by atoms with van der Waals surface area (Å²) in [5.41, 5.74) is 0. The van der Waals surface area contributed by atoms with Crippen molar-refractivity contribution in [1.29, 1.82) is 0 Å². The zero-order chi connectivity index (χ0) is 17.4. The fourth-order valence-corrected chi connectivity index (χ4v) is 1.13. The summed E-state index contributed by atoms with van der Waals surface area (Å²) >= 11 is 4.68. The lowest BCUT2D eigenvalue weighted by Crippen LogP contribution is -2.22. The largest absolute Gasteiger partial charge is 0.474 e. The van der Waals surface area contributed by atoms with E-state index in [1.165, 1.54) is 0 Å². The predicted molar refractivity (Wildman–Crippen MR) is 96.1 cm³/mol. The van der Waals surface area contributed by atoms with Crippen LogP contribution in [0.2, 0.25) is 0 Å². The predicted octanol–water partition coefficient (Wildman–Crippen LogP) is 0.549. The molecule has 0 N–H and O–H groups in total. The van der Waals surface area contributed by atoms with Crippen molar-refractivity contribution in [2.45, 2.75) is 0 Å². The summed E-state index contributed by atoms with van der Waals surface area (Å²) in [6.07, 6.45) is 0. The van der Waals surface area contributed by atoms with Crippen LogP contribution in [-0.2, 0) is 4.74 Å². The summed E-state index contributed by atoms with van der Waals surface area (Å²) in [6, 6.07) is 0. The lowest BCUT2D eigenvalue weighted by molar-refractivity contribution is 0.346. The van der Waals surface area contributed by atoms with Gasteiger partial charge in [-0.15, -0.1) is 0 Å². The van der Waals surface area contributed by atoms with E-state index in [9.17, 15) is 0 Å². The van der Waals surface area contributed by atoms with E-state index in [0.717, 1.165) is 0 Å². The summed E-state index contributed by atoms with van der Waals surface area (Å²) < 4.78 is 4.67. The Kier molecular flexibility index (Phi) is 8.39. The van der Waals surface area contributed by atoms with Crippen LogP contribution < -0.4 is 14.7 Å². The number of hydrogen-bond donors (Lipinski definition) is 0. The minimum atomic E-state index is 0.514. The van der Waals surface area contributed by atoms with Gasteiger partial charge < -0.3 is 24.3 Å². The van der Waals surface area contributed by atoms with Crippen LogP contribution in [0.1, 0.15) is 0 Å². The maximum Gasteiger partial charge on any atom is 0.258 e. The molecule has 0 saturated heterocycles. The summed E-state index contributed by atoms with van der Waals surface area (Å²) in [7, 11) is 16.7. The summed E-state index contributed by atoms with van der Waals surface area (Å²) in [6.45, 7) is 0. The third kappa shape index (κ3) is 6.70. The number of rotatable bonds is 3. The second-order valence-electron chi connectivity index (χ2n) is 5.28. The smallest absolute Gasteiger partial charge is 0.258 e. The zero-order valence-corrected chi connectivity index (χ0v) is 15.8. The van der Waals surface area contributed by atoms with Gasteiger partial charge in [-0.25, -0.2) is 0 Å². The summed E-state index contributed by atoms with van der Waals surface area (Å²) in [4.78, 5) is 20.3. The van der Waals surface area contributed by atoms with E-state index in [2.05, 4.69) is 31.9 Å². The van der Waals surface area contributed by atoms with Crippen LogP contribution in [0.5, 0.6) is 0 Å². The van der Waals surface area contributed by atoms with Crippen LogP contribution in [0, 0.1) is 0 Å². The second-order valence-corrected chi connectivity index (χ2v) is 5.63. The van der Waals surface area contributed by atoms with Crippen molar-refractivity contribution in [2.75, 3.05) is 78.2 Å². The highest BCUT2D eigenvalue weighted by molar-refractivity contribution is 7.79. The number of thiocarbonyl (C=S) groups is 1. The first-order valence-electron chi connectivity index (χ1n) is 6.63. The number of hydrogen-bond acceptors (Lipinski definition) is 8. The van der Waals surface area contributed by atoms with Crippen molar-refractivity contribution in [1.82, 2.24) is 19.9 Å². The minimum Gasteiger partial charge on any atom is -0.474 e. The SMILES string of the molecule is CN(C)c1nc(N(C)C)nc(N(C)C)n1.COC(=S)N(C)C. The van der Waals surface area contributed by atoms with E-state index in [1.807, 2.05) is 71.1 Å². The number of aromatic nitrogens is 3. The average molecular weight is 329 g/mol. The van der Waals surface area contributed by atoms with E-state index in [4.69, 9.17) is 0 Å². The van der Waals surface area contributed by atoms with Gasteiger partial charge in [0, 0.05) is 56.4 Å². The molecule has 0 aromatic carbocycles. The quantitative estimate of drug-likeness (QED) is 0.740. The molecule has 1 aromatic rings. The number of ether oxygens (including phenoxy) is 1. The van der Waals surface area contributed by atoms with E-state index in [0.29, 0.717) is 23.0 Å². The fourth-order valence-electron chi connectivity index (χ4n) is 1.13. The topological polar surface area (TPSA) is 60.9 Å². The van der Waals surface area contributed by atoms with Gasteiger partial charge in [-0.3, -0.25) is 0 Å². The lowest BCUT2D eigenvalue weighted by Gasteiger charge is -2.18. The molecule has 0 radical (unpaired) electrons. The molecule has 0 amide bonds. The molecule has 0 atom stereocenters. The van der Waals surface area contributed by atoms with Crippen LogP contribution in [0.25, 0.3) is 0 Å². The third-order valence-corrected chi connectivity index (χ3v) is 2.87. The molecule has 1 heterocycles. The monoisotopic (exact) mass is 329 g/mol. The van der Waals surface area contributed by atoms with Gasteiger partial charge in [-0.2, -0.15) is 15.0 Å². The molecule has 0 aliphatic carbocycles. The molecule has 0 aliphatic rings. The number of nitrogens with zero attached hydrogens (tertiary/aromatic N) is 7. The highest BCUT2D eigenvalue weighted by Gasteiger charge is 2.10. The van der Waals surface area contributed by atoms with Gasteiger partial charge in [0.25, 0.3) is 5.17 Å². The van der Waals surface area contributed by atoms with Crippen LogP contribution >= 0.6 is 12.2 Å². The van der Waals surface area contributed by atoms with Gasteiger partial charge in [-0.05, 0) is 12.2 Å². The second kappa shape index (κ2) is 9.19. The van der Waals surface area contributed by atoms with Crippen LogP contribution in [0.15, 0.2) is 0 Å². The van der Waals surface area contributed by atoms with Crippen LogP contribution in [0.4, 0.5) is 17.8 Å². The number of methoxy groups -OCH3 is 1. The normalized spacial score (nSPS) is 9.32. The van der Waals surface area contributed by atoms with Gasteiger partial charge in [0.15, 0.2) is 0 Å². The average Bonchev–Trinajstić information content (AvgIpc) is 2.46. The Bertz CT molecular complexity index is 413. The summed E-state index contributed by atoms with van der Waals surface area (Å²) in [5.74, 6) is 1.99. The molecule has 1 rings (SSSR count). The zero-order valence-electron chi connectivity index (χ0n) is 14.9. The van der Waals surface area contributed by atoms with Crippen molar-refractivity contribution in [3.8, 4) is 0 Å². The molecule has 0 saturated carbocycles. The van der Waals surface area contributed by atoms with Gasteiger partial charge in [0.1, 0.15) is 0 Å². The van der Waals surface area contributed by atoms with Gasteiger partial charge in [-0.1, -0.05) is 0 Å².